The Morgan fingerprint density at radius 2 is 1.97 bits per heavy atom. The zero-order valence-electron chi connectivity index (χ0n) is 20.2. The summed E-state index contributed by atoms with van der Waals surface area (Å²) in [6, 6.07) is 10.3. The Kier molecular flexibility index (Phi) is 8.19. The topological polar surface area (TPSA) is 106 Å². The van der Waals surface area contributed by atoms with Crippen LogP contribution in [-0.4, -0.2) is 67.8 Å². The molecule has 2 aliphatic heterocycles. The molecule has 1 aromatic carbocycles. The Morgan fingerprint density at radius 1 is 1.20 bits per heavy atom. The number of nitriles is 1. The first-order valence-electron chi connectivity index (χ1n) is 12.2. The van der Waals surface area contributed by atoms with Crippen LogP contribution in [0.4, 0.5) is 28.6 Å². The smallest absolute Gasteiger partial charge is 0.247 e. The fourth-order valence-corrected chi connectivity index (χ4v) is 4.38. The number of aromatic nitrogens is 1. The van der Waals surface area contributed by atoms with E-state index in [0.29, 0.717) is 36.0 Å². The maximum Gasteiger partial charge on any atom is 0.247 e. The van der Waals surface area contributed by atoms with Gasteiger partial charge in [-0.2, -0.15) is 5.26 Å². The molecule has 2 fully saturated rings. The third kappa shape index (κ3) is 6.29. The summed E-state index contributed by atoms with van der Waals surface area (Å²) in [6.45, 7) is 12.1. The number of piperazine rings is 1. The normalized spacial score (nSPS) is 16.9. The molecular weight excluding hydrogens is 442 g/mol. The van der Waals surface area contributed by atoms with Crippen molar-refractivity contribution >= 4 is 34.5 Å². The lowest BCUT2D eigenvalue weighted by atomic mass is 10.1. The number of amides is 1. The molecule has 35 heavy (non-hydrogen) atoms. The lowest BCUT2D eigenvalue weighted by Crippen LogP contribution is -2.46. The van der Waals surface area contributed by atoms with Gasteiger partial charge >= 0.3 is 0 Å². The third-order valence-electron chi connectivity index (χ3n) is 6.50. The van der Waals surface area contributed by atoms with Crippen LogP contribution in [0.25, 0.3) is 0 Å². The molecule has 3 N–H and O–H groups in total. The molecule has 3 heterocycles. The Bertz CT molecular complexity index is 1080. The molecule has 2 aromatic rings. The molecule has 9 nitrogen and oxygen atoms in total. The zero-order chi connectivity index (χ0) is 24.6. The minimum absolute atomic E-state index is 0.251. The van der Waals surface area contributed by atoms with Gasteiger partial charge in [-0.1, -0.05) is 13.5 Å². The molecule has 9 heteroatoms. The highest BCUT2D eigenvalue weighted by Gasteiger charge is 2.19. The second kappa shape index (κ2) is 11.7. The summed E-state index contributed by atoms with van der Waals surface area (Å²) in [4.78, 5) is 21.3. The van der Waals surface area contributed by atoms with Crippen molar-refractivity contribution in [1.82, 2.24) is 9.88 Å². The molecule has 0 bridgehead atoms. The SMILES string of the molecule is C=CC(=O)Nc1cc(N2CCN(CC)CC2)ccc1Nc1cc(NC2CCOCC2)c(C#N)cn1. The zero-order valence-corrected chi connectivity index (χ0v) is 20.2. The van der Waals surface area contributed by atoms with Crippen LogP contribution in [0.5, 0.6) is 0 Å². The minimum atomic E-state index is -0.282. The molecule has 2 saturated heterocycles. The summed E-state index contributed by atoms with van der Waals surface area (Å²) >= 11 is 0. The number of rotatable bonds is 8. The lowest BCUT2D eigenvalue weighted by Gasteiger charge is -2.35. The van der Waals surface area contributed by atoms with Crippen molar-refractivity contribution in [1.29, 1.82) is 5.26 Å². The number of hydrogen-bond acceptors (Lipinski definition) is 8. The van der Waals surface area contributed by atoms with Crippen LogP contribution < -0.4 is 20.9 Å². The largest absolute Gasteiger partial charge is 0.381 e. The van der Waals surface area contributed by atoms with E-state index in [1.165, 1.54) is 6.08 Å². The van der Waals surface area contributed by atoms with Gasteiger partial charge in [0.15, 0.2) is 0 Å². The molecule has 1 aromatic heterocycles. The van der Waals surface area contributed by atoms with Crippen molar-refractivity contribution in [2.75, 3.05) is 66.8 Å². The highest BCUT2D eigenvalue weighted by Crippen LogP contribution is 2.32. The Labute approximate surface area is 206 Å². The second-order valence-electron chi connectivity index (χ2n) is 8.73. The van der Waals surface area contributed by atoms with Gasteiger partial charge in [-0.25, -0.2) is 4.98 Å². The summed E-state index contributed by atoms with van der Waals surface area (Å²) in [5.74, 6) is 0.299. The predicted molar refractivity (Wildman–Crippen MR) is 139 cm³/mol. The average Bonchev–Trinajstić information content (AvgIpc) is 2.90. The van der Waals surface area contributed by atoms with Gasteiger partial charge < -0.3 is 30.5 Å². The number of hydrogen-bond donors (Lipinski definition) is 3. The molecule has 184 valence electrons. The summed E-state index contributed by atoms with van der Waals surface area (Å²) in [7, 11) is 0. The first kappa shape index (κ1) is 24.5. The van der Waals surface area contributed by atoms with E-state index in [1.54, 1.807) is 6.20 Å². The number of carbonyl (C=O) groups excluding carboxylic acids is 1. The number of benzene rings is 1. The van der Waals surface area contributed by atoms with E-state index in [4.69, 9.17) is 4.74 Å². The number of pyridine rings is 1. The van der Waals surface area contributed by atoms with E-state index < -0.39 is 0 Å². The maximum absolute atomic E-state index is 12.2. The number of nitrogens with zero attached hydrogens (tertiary/aromatic N) is 4. The fraction of sp³-hybridized carbons (Fsp3) is 0.423. The molecule has 1 amide bonds. The standard InChI is InChI=1S/C26H33N7O2/c1-3-26(34)31-24-15-21(33-11-9-32(4-2)10-12-33)5-6-22(24)30-25-16-23(19(17-27)18-28-25)29-20-7-13-35-14-8-20/h3,5-6,15-16,18,20H,1,4,7-14H2,2H3,(H,31,34)(H2,28,29,30). The quantitative estimate of drug-likeness (QED) is 0.498. The van der Waals surface area contributed by atoms with Crippen LogP contribution in [0.3, 0.4) is 0 Å². The van der Waals surface area contributed by atoms with Gasteiger partial charge in [-0.3, -0.25) is 4.79 Å². The van der Waals surface area contributed by atoms with Gasteiger partial charge in [0.25, 0.3) is 0 Å². The molecule has 0 aliphatic carbocycles. The van der Waals surface area contributed by atoms with Crippen LogP contribution >= 0.6 is 0 Å². The van der Waals surface area contributed by atoms with Gasteiger partial charge in [-0.05, 0) is 43.7 Å². The van der Waals surface area contributed by atoms with Crippen LogP contribution in [0.1, 0.15) is 25.3 Å². The monoisotopic (exact) mass is 475 g/mol. The fourth-order valence-electron chi connectivity index (χ4n) is 4.38. The number of likely N-dealkylation sites (N-methyl/N-ethyl adjacent to an activating group) is 1. The average molecular weight is 476 g/mol. The van der Waals surface area contributed by atoms with E-state index >= 15 is 0 Å². The summed E-state index contributed by atoms with van der Waals surface area (Å²) < 4.78 is 5.44. The van der Waals surface area contributed by atoms with E-state index in [-0.39, 0.29) is 11.9 Å². The Balaban J connectivity index is 1.56. The Hall–Kier alpha value is -3.61. The van der Waals surface area contributed by atoms with E-state index in [9.17, 15) is 10.1 Å². The van der Waals surface area contributed by atoms with Gasteiger partial charge in [-0.15, -0.1) is 0 Å². The molecule has 0 unspecified atom stereocenters. The van der Waals surface area contributed by atoms with E-state index in [0.717, 1.165) is 56.9 Å². The number of nitrogens with one attached hydrogen (secondary N) is 3. The highest BCUT2D eigenvalue weighted by atomic mass is 16.5. The number of ether oxygens (including phenoxy) is 1. The van der Waals surface area contributed by atoms with Crippen molar-refractivity contribution in [2.45, 2.75) is 25.8 Å². The first-order valence-corrected chi connectivity index (χ1v) is 12.2. The number of carbonyl (C=O) groups is 1. The summed E-state index contributed by atoms with van der Waals surface area (Å²) in [6.07, 6.45) is 4.60. The molecule has 0 atom stereocenters. The van der Waals surface area contributed by atoms with E-state index in [2.05, 4.69) is 56.4 Å². The van der Waals surface area contributed by atoms with Crippen molar-refractivity contribution < 1.29 is 9.53 Å². The van der Waals surface area contributed by atoms with Gasteiger partial charge in [0.05, 0.1) is 22.6 Å². The minimum Gasteiger partial charge on any atom is -0.381 e. The summed E-state index contributed by atoms with van der Waals surface area (Å²) in [5.41, 5.74) is 3.64. The van der Waals surface area contributed by atoms with Crippen LogP contribution in [0, 0.1) is 11.3 Å². The van der Waals surface area contributed by atoms with Crippen LogP contribution in [0.2, 0.25) is 0 Å². The first-order chi connectivity index (χ1) is 17.1. The lowest BCUT2D eigenvalue weighted by molar-refractivity contribution is -0.111. The van der Waals surface area contributed by atoms with Gasteiger partial charge in [0.2, 0.25) is 5.91 Å². The molecular formula is C26H33N7O2. The van der Waals surface area contributed by atoms with Crippen LogP contribution in [0.15, 0.2) is 43.1 Å². The predicted octanol–water partition coefficient (Wildman–Crippen LogP) is 3.55. The van der Waals surface area contributed by atoms with Crippen molar-refractivity contribution in [3.8, 4) is 6.07 Å². The summed E-state index contributed by atoms with van der Waals surface area (Å²) in [5, 5.41) is 19.2. The highest BCUT2D eigenvalue weighted by molar-refractivity contribution is 6.02. The molecule has 0 radical (unpaired) electrons. The van der Waals surface area contributed by atoms with Crippen molar-refractivity contribution in [2.24, 2.45) is 0 Å². The molecule has 0 saturated carbocycles. The third-order valence-corrected chi connectivity index (χ3v) is 6.50. The Morgan fingerprint density at radius 3 is 2.66 bits per heavy atom. The molecule has 4 rings (SSSR count). The van der Waals surface area contributed by atoms with Crippen molar-refractivity contribution in [3.63, 3.8) is 0 Å². The molecule has 2 aliphatic rings. The molecule has 0 spiro atoms. The maximum atomic E-state index is 12.2. The second-order valence-corrected chi connectivity index (χ2v) is 8.73. The van der Waals surface area contributed by atoms with Gasteiger partial charge in [0.1, 0.15) is 11.9 Å². The number of anilines is 5. The van der Waals surface area contributed by atoms with Crippen molar-refractivity contribution in [3.05, 3.63) is 48.7 Å². The van der Waals surface area contributed by atoms with Gasteiger partial charge in [0, 0.05) is 63.4 Å². The van der Waals surface area contributed by atoms with Crippen LogP contribution in [-0.2, 0) is 9.53 Å². The van der Waals surface area contributed by atoms with E-state index in [1.807, 2.05) is 18.2 Å².